The predicted molar refractivity (Wildman–Crippen MR) is 114 cm³/mol. The van der Waals surface area contributed by atoms with Gasteiger partial charge in [-0.15, -0.1) is 0 Å². The number of rotatable bonds is 10. The number of carbonyl (C=O) groups excluding carboxylic acids is 3. The lowest BCUT2D eigenvalue weighted by Gasteiger charge is -2.31. The molecule has 0 aromatic rings. The van der Waals surface area contributed by atoms with Crippen LogP contribution in [0.4, 0.5) is 22.0 Å². The summed E-state index contributed by atoms with van der Waals surface area (Å²) < 4.78 is 79.0. The molecule has 2 saturated carbocycles. The molecule has 8 unspecified atom stereocenters. The lowest BCUT2D eigenvalue weighted by molar-refractivity contribution is -0.294. The molecule has 202 valence electrons. The molecule has 3 fully saturated rings. The summed E-state index contributed by atoms with van der Waals surface area (Å²) in [5, 5.41) is 0. The molecule has 0 aromatic heterocycles. The Hall–Kier alpha value is -2.20. The fourth-order valence-electron chi connectivity index (χ4n) is 6.53. The summed E-state index contributed by atoms with van der Waals surface area (Å²) in [6.07, 6.45) is 2.93. The summed E-state index contributed by atoms with van der Waals surface area (Å²) >= 11 is 0. The van der Waals surface area contributed by atoms with E-state index in [4.69, 9.17) is 9.47 Å². The molecule has 11 heteroatoms. The zero-order valence-electron chi connectivity index (χ0n) is 20.0. The van der Waals surface area contributed by atoms with E-state index in [1.54, 1.807) is 0 Å². The van der Waals surface area contributed by atoms with Gasteiger partial charge in [-0.25, -0.2) is 0 Å². The molecule has 1 aliphatic heterocycles. The standard InChI is InChI=1S/C25H31F5O6/c1-2-6-13-7-3-4-8-14(13)9-5-10-17(31)35-20-15-11-16-19(23(33)36-21(16)20)18(15)22(32)34-12-24(26,27)25(28,29)30/h3-4,13-16,18-21H,2,5-12H2,1H3. The highest BCUT2D eigenvalue weighted by atomic mass is 19.4. The number of fused-ring (bicyclic) bond motifs is 1. The number of hydrogen-bond donors (Lipinski definition) is 0. The molecule has 6 nitrogen and oxygen atoms in total. The van der Waals surface area contributed by atoms with Crippen LogP contribution in [0.3, 0.4) is 0 Å². The topological polar surface area (TPSA) is 78.9 Å². The second-order valence-electron chi connectivity index (χ2n) is 10.4. The van der Waals surface area contributed by atoms with Crippen molar-refractivity contribution in [3.63, 3.8) is 0 Å². The smallest absolute Gasteiger partial charge is 0.456 e. The van der Waals surface area contributed by atoms with Crippen molar-refractivity contribution in [2.75, 3.05) is 6.61 Å². The van der Waals surface area contributed by atoms with Crippen molar-refractivity contribution >= 4 is 17.9 Å². The quantitative estimate of drug-likeness (QED) is 0.174. The van der Waals surface area contributed by atoms with Crippen LogP contribution in [-0.2, 0) is 28.6 Å². The average Bonchev–Trinajstić information content (AvgIpc) is 3.42. The monoisotopic (exact) mass is 522 g/mol. The van der Waals surface area contributed by atoms with Crippen LogP contribution < -0.4 is 0 Å². The summed E-state index contributed by atoms with van der Waals surface area (Å²) in [6, 6.07) is 0. The Morgan fingerprint density at radius 1 is 1.06 bits per heavy atom. The zero-order valence-corrected chi connectivity index (χ0v) is 20.0. The van der Waals surface area contributed by atoms with Gasteiger partial charge in [0.2, 0.25) is 0 Å². The van der Waals surface area contributed by atoms with E-state index in [1.807, 2.05) is 0 Å². The molecule has 4 rings (SSSR count). The van der Waals surface area contributed by atoms with Gasteiger partial charge in [-0.2, -0.15) is 22.0 Å². The minimum atomic E-state index is -5.87. The van der Waals surface area contributed by atoms with E-state index in [9.17, 15) is 36.3 Å². The lowest BCUT2D eigenvalue weighted by atomic mass is 9.77. The minimum absolute atomic E-state index is 0.143. The maximum Gasteiger partial charge on any atom is 0.456 e. The van der Waals surface area contributed by atoms with Crippen LogP contribution in [0.1, 0.15) is 58.3 Å². The van der Waals surface area contributed by atoms with Gasteiger partial charge in [0, 0.05) is 18.3 Å². The van der Waals surface area contributed by atoms with E-state index >= 15 is 0 Å². The summed E-state index contributed by atoms with van der Waals surface area (Å²) in [7, 11) is 0. The summed E-state index contributed by atoms with van der Waals surface area (Å²) in [4.78, 5) is 37.5. The third kappa shape index (κ3) is 5.11. The largest absolute Gasteiger partial charge is 0.459 e. The highest BCUT2D eigenvalue weighted by molar-refractivity contribution is 5.86. The number of hydrogen-bond acceptors (Lipinski definition) is 6. The number of ether oxygens (including phenoxy) is 3. The first-order valence-corrected chi connectivity index (χ1v) is 12.6. The van der Waals surface area contributed by atoms with Gasteiger partial charge >= 0.3 is 30.0 Å². The van der Waals surface area contributed by atoms with Crippen LogP contribution in [0.5, 0.6) is 0 Å². The first-order chi connectivity index (χ1) is 16.9. The molecule has 0 N–H and O–H groups in total. The first kappa shape index (κ1) is 26.9. The van der Waals surface area contributed by atoms with Crippen molar-refractivity contribution in [3.8, 4) is 0 Å². The molecule has 0 amide bonds. The molecule has 2 bridgehead atoms. The molecule has 36 heavy (non-hydrogen) atoms. The number of halogens is 5. The Morgan fingerprint density at radius 2 is 1.72 bits per heavy atom. The predicted octanol–water partition coefficient (Wildman–Crippen LogP) is 5.00. The maximum atomic E-state index is 13.2. The maximum absolute atomic E-state index is 13.2. The summed E-state index contributed by atoms with van der Waals surface area (Å²) in [5.41, 5.74) is 0. The van der Waals surface area contributed by atoms with Crippen LogP contribution in [-0.4, -0.2) is 48.8 Å². The number of esters is 3. The molecule has 1 heterocycles. The van der Waals surface area contributed by atoms with Crippen LogP contribution in [0.25, 0.3) is 0 Å². The van der Waals surface area contributed by atoms with Crippen molar-refractivity contribution < 1.29 is 50.5 Å². The summed E-state index contributed by atoms with van der Waals surface area (Å²) in [5.74, 6) is -10.2. The highest BCUT2D eigenvalue weighted by Crippen LogP contribution is 2.59. The number of allylic oxidation sites excluding steroid dienone is 2. The third-order valence-electron chi connectivity index (χ3n) is 8.22. The summed E-state index contributed by atoms with van der Waals surface area (Å²) in [6.45, 7) is -0.0262. The van der Waals surface area contributed by atoms with Gasteiger partial charge in [-0.1, -0.05) is 31.9 Å². The fourth-order valence-corrected chi connectivity index (χ4v) is 6.53. The van der Waals surface area contributed by atoms with E-state index in [0.29, 0.717) is 18.3 Å². The van der Waals surface area contributed by atoms with Crippen molar-refractivity contribution in [1.29, 1.82) is 0 Å². The van der Waals surface area contributed by atoms with Gasteiger partial charge in [-0.3, -0.25) is 14.4 Å². The Bertz CT molecular complexity index is 887. The molecule has 8 atom stereocenters. The molecule has 4 aliphatic rings. The normalized spacial score (nSPS) is 35.1. The molecular formula is C25H31F5O6. The van der Waals surface area contributed by atoms with E-state index in [0.717, 1.165) is 32.1 Å². The van der Waals surface area contributed by atoms with E-state index in [-0.39, 0.29) is 12.8 Å². The second kappa shape index (κ2) is 10.3. The van der Waals surface area contributed by atoms with Gasteiger partial charge < -0.3 is 14.2 Å². The van der Waals surface area contributed by atoms with E-state index in [2.05, 4.69) is 23.8 Å². The van der Waals surface area contributed by atoms with Crippen molar-refractivity contribution in [1.82, 2.24) is 0 Å². The van der Waals surface area contributed by atoms with Gasteiger partial charge in [0.05, 0.1) is 11.8 Å². The van der Waals surface area contributed by atoms with Crippen LogP contribution >= 0.6 is 0 Å². The van der Waals surface area contributed by atoms with Gasteiger partial charge in [0.15, 0.2) is 6.61 Å². The van der Waals surface area contributed by atoms with Gasteiger partial charge in [0.1, 0.15) is 12.2 Å². The fraction of sp³-hybridized carbons (Fsp3) is 0.800. The zero-order chi connectivity index (χ0) is 26.3. The molecule has 1 saturated heterocycles. The first-order valence-electron chi connectivity index (χ1n) is 12.6. The Balaban J connectivity index is 1.33. The van der Waals surface area contributed by atoms with Crippen LogP contribution in [0.2, 0.25) is 0 Å². The highest BCUT2D eigenvalue weighted by Gasteiger charge is 2.70. The lowest BCUT2D eigenvalue weighted by Crippen LogP contribution is -2.46. The van der Waals surface area contributed by atoms with Crippen LogP contribution in [0.15, 0.2) is 12.2 Å². The molecule has 0 radical (unpaired) electrons. The Kier molecular flexibility index (Phi) is 7.67. The average molecular weight is 523 g/mol. The molecule has 3 aliphatic carbocycles. The van der Waals surface area contributed by atoms with Crippen LogP contribution in [0, 0.1) is 35.5 Å². The van der Waals surface area contributed by atoms with Crippen molar-refractivity contribution in [3.05, 3.63) is 12.2 Å². The third-order valence-corrected chi connectivity index (χ3v) is 8.22. The van der Waals surface area contributed by atoms with E-state index < -0.39 is 72.5 Å². The van der Waals surface area contributed by atoms with Crippen molar-refractivity contribution in [2.45, 2.75) is 82.6 Å². The molecular weight excluding hydrogens is 491 g/mol. The van der Waals surface area contributed by atoms with Gasteiger partial charge in [-0.05, 0) is 43.9 Å². The number of alkyl halides is 5. The van der Waals surface area contributed by atoms with Gasteiger partial charge in [0.25, 0.3) is 0 Å². The molecule has 0 spiro atoms. The van der Waals surface area contributed by atoms with Crippen molar-refractivity contribution in [2.24, 2.45) is 35.5 Å². The SMILES string of the molecule is CCCC1CC=CCC1CCCC(=O)OC1C2CC3C1OC(=O)C3C2C(=O)OCC(F)(F)C(F)(F)F. The molecule has 0 aromatic carbocycles. The number of carbonyl (C=O) groups is 3. The second-order valence-corrected chi connectivity index (χ2v) is 10.4. The Labute approximate surface area is 205 Å². The Morgan fingerprint density at radius 3 is 2.36 bits per heavy atom. The van der Waals surface area contributed by atoms with E-state index in [1.165, 1.54) is 0 Å². The minimum Gasteiger partial charge on any atom is -0.459 e.